The lowest BCUT2D eigenvalue weighted by Crippen LogP contribution is -2.49. The van der Waals surface area contributed by atoms with Crippen LogP contribution >= 0.6 is 0 Å². The molecule has 0 spiro atoms. The number of aliphatic hydroxyl groups is 1. The second-order valence-corrected chi connectivity index (χ2v) is 10.5. The number of nitrogens with one attached hydrogen (secondary N) is 1. The van der Waals surface area contributed by atoms with Crippen molar-refractivity contribution in [1.82, 2.24) is 14.8 Å². The Balaban J connectivity index is 1.42. The van der Waals surface area contributed by atoms with E-state index in [4.69, 9.17) is 25.2 Å². The van der Waals surface area contributed by atoms with Gasteiger partial charge in [-0.2, -0.15) is 0 Å². The van der Waals surface area contributed by atoms with Gasteiger partial charge in [0.15, 0.2) is 32.8 Å². The molecule has 12 heteroatoms. The number of aliphatic hydroxyl groups excluding tert-OH is 1. The van der Waals surface area contributed by atoms with Crippen molar-refractivity contribution in [1.29, 1.82) is 0 Å². The Hall–Kier alpha value is -2.43. The summed E-state index contributed by atoms with van der Waals surface area (Å²) in [6, 6.07) is 6.57. The van der Waals surface area contributed by atoms with Gasteiger partial charge < -0.3 is 24.8 Å². The lowest BCUT2D eigenvalue weighted by molar-refractivity contribution is -0.0865. The molecule has 1 fully saturated rings. The minimum Gasteiger partial charge on any atom is -0.468 e. The highest BCUT2D eigenvalue weighted by Crippen LogP contribution is 2.46. The number of likely N-dealkylation sites (tertiary alicyclic amines) is 1. The summed E-state index contributed by atoms with van der Waals surface area (Å²) < 4.78 is 52.5. The topological polar surface area (TPSA) is 70.1 Å². The minimum absolute atomic E-state index is 0.227. The van der Waals surface area contributed by atoms with E-state index in [1.807, 2.05) is 19.1 Å². The van der Waals surface area contributed by atoms with Gasteiger partial charge in [-0.05, 0) is 61.6 Å². The number of ether oxygens (including phenoxy) is 2. The largest absolute Gasteiger partial charge is 0.468 e. The van der Waals surface area contributed by atoms with Crippen molar-refractivity contribution in [3.8, 4) is 11.5 Å². The quantitative estimate of drug-likeness (QED) is 0.488. The number of nitrogens with zero attached hydrogens (tertiary/aromatic N) is 3. The number of rotatable bonds is 9. The van der Waals surface area contributed by atoms with Gasteiger partial charge in [0.05, 0.1) is 36.8 Å². The molecule has 1 aromatic heterocycles. The number of pyridine rings is 1. The van der Waals surface area contributed by atoms with Gasteiger partial charge in [-0.1, -0.05) is 0 Å². The molecule has 200 valence electrons. The lowest BCUT2D eigenvalue weighted by Gasteiger charge is -2.43. The number of aromatic nitrogens is 1. The summed E-state index contributed by atoms with van der Waals surface area (Å²) in [5.41, 5.74) is 1.24. The van der Waals surface area contributed by atoms with Crippen molar-refractivity contribution >= 4 is 21.4 Å². The molecule has 4 heterocycles. The summed E-state index contributed by atoms with van der Waals surface area (Å²) >= 11 is 0. The van der Waals surface area contributed by atoms with Gasteiger partial charge in [0.1, 0.15) is 6.61 Å². The molecule has 1 aromatic carbocycles. The number of fused-ring (bicyclic) bond motifs is 2. The number of alkyl halides is 3. The zero-order valence-corrected chi connectivity index (χ0v) is 21.4. The Morgan fingerprint density at radius 1 is 1.24 bits per heavy atom. The monoisotopic (exact) mass is 526 g/mol. The fourth-order valence-electron chi connectivity index (χ4n) is 5.66. The molecule has 3 atom stereocenters. The molecule has 3 aliphatic rings. The number of hydrogen-bond donors (Lipinski definition) is 2. The maximum absolute atomic E-state index is 14.5. The molecule has 0 saturated carbocycles. The maximum Gasteiger partial charge on any atom is 0.283 e. The first-order chi connectivity index (χ1) is 18.1. The van der Waals surface area contributed by atoms with E-state index in [2.05, 4.69) is 15.2 Å². The first kappa shape index (κ1) is 27.1. The van der Waals surface area contributed by atoms with Gasteiger partial charge in [0.25, 0.3) is 5.92 Å². The highest BCUT2D eigenvalue weighted by atomic mass is 19.3. The lowest BCUT2D eigenvalue weighted by atomic mass is 9.76. The van der Waals surface area contributed by atoms with E-state index < -0.39 is 30.7 Å². The van der Waals surface area contributed by atoms with Crippen LogP contribution in [0.4, 0.5) is 18.9 Å². The SMILES string of the molecule is [B]C1([B])Oc2cc3c(cc2O1)[C@@H](c1ccc(N[C@H]2CCN(CCCF)C2)cn1)N(CC(F)(F)CO)[C@H](C)C3. The van der Waals surface area contributed by atoms with Gasteiger partial charge >= 0.3 is 0 Å². The van der Waals surface area contributed by atoms with E-state index in [1.165, 1.54) is 0 Å². The van der Waals surface area contributed by atoms with Crippen molar-refractivity contribution in [3.05, 3.63) is 47.3 Å². The van der Waals surface area contributed by atoms with E-state index >= 15 is 0 Å². The van der Waals surface area contributed by atoms with Crippen molar-refractivity contribution in [2.75, 3.05) is 44.8 Å². The molecule has 5 rings (SSSR count). The molecule has 0 aliphatic carbocycles. The van der Waals surface area contributed by atoms with Crippen LogP contribution in [0.25, 0.3) is 0 Å². The van der Waals surface area contributed by atoms with Gasteiger partial charge in [-0.3, -0.25) is 14.3 Å². The third-order valence-electron chi connectivity index (χ3n) is 7.42. The summed E-state index contributed by atoms with van der Waals surface area (Å²) in [6.45, 7) is 2.15. The van der Waals surface area contributed by atoms with Crippen LogP contribution in [0.3, 0.4) is 0 Å². The fraction of sp³-hybridized carbons (Fsp3) is 0.577. The van der Waals surface area contributed by atoms with Crippen LogP contribution in [-0.4, -0.2) is 98.6 Å². The van der Waals surface area contributed by atoms with Crippen LogP contribution < -0.4 is 14.8 Å². The Kier molecular flexibility index (Phi) is 7.59. The molecule has 0 amide bonds. The van der Waals surface area contributed by atoms with Crippen molar-refractivity contribution in [2.24, 2.45) is 0 Å². The van der Waals surface area contributed by atoms with Crippen LogP contribution in [-0.2, 0) is 6.42 Å². The van der Waals surface area contributed by atoms with Crippen LogP contribution in [0.15, 0.2) is 30.5 Å². The third-order valence-corrected chi connectivity index (χ3v) is 7.42. The fourth-order valence-corrected chi connectivity index (χ4v) is 5.66. The zero-order valence-electron chi connectivity index (χ0n) is 21.4. The molecule has 2 aromatic rings. The summed E-state index contributed by atoms with van der Waals surface area (Å²) in [5, 5.41) is 12.8. The van der Waals surface area contributed by atoms with Gasteiger partial charge in [0, 0.05) is 31.7 Å². The highest BCUT2D eigenvalue weighted by Gasteiger charge is 2.42. The molecule has 7 nitrogen and oxygen atoms in total. The normalized spacial score (nSPS) is 24.9. The van der Waals surface area contributed by atoms with Gasteiger partial charge in [-0.15, -0.1) is 0 Å². The standard InChI is InChI=1S/C26H31B2F3N4O3/c1-16-9-17-10-22-23(38-26(27,28)37-22)11-20(17)24(35(16)14-25(30,31)15-36)21-4-3-18(12-32-21)33-19-5-8-34(13-19)7-2-6-29/h3-4,10-12,16,19,24,33,36H,2,5-9,13-15H2,1H3/t16-,19+,24+/m1/s1. The minimum atomic E-state index is -3.29. The first-order valence-corrected chi connectivity index (χ1v) is 13.0. The van der Waals surface area contributed by atoms with E-state index in [0.29, 0.717) is 30.0 Å². The van der Waals surface area contributed by atoms with Crippen LogP contribution in [0, 0.1) is 0 Å². The average molecular weight is 526 g/mol. The van der Waals surface area contributed by atoms with Gasteiger partial charge in [-0.25, -0.2) is 8.78 Å². The third kappa shape index (κ3) is 5.77. The van der Waals surface area contributed by atoms with Crippen LogP contribution in [0.2, 0.25) is 0 Å². The summed E-state index contributed by atoms with van der Waals surface area (Å²) in [4.78, 5) is 8.58. The molecule has 3 aliphatic heterocycles. The molecule has 4 radical (unpaired) electrons. The predicted molar refractivity (Wildman–Crippen MR) is 139 cm³/mol. The molecule has 0 bridgehead atoms. The number of benzene rings is 1. The Bertz CT molecular complexity index is 1140. The first-order valence-electron chi connectivity index (χ1n) is 13.0. The number of halogens is 3. The predicted octanol–water partition coefficient (Wildman–Crippen LogP) is 2.61. The smallest absolute Gasteiger partial charge is 0.283 e. The zero-order chi connectivity index (χ0) is 27.1. The molecule has 0 unspecified atom stereocenters. The highest BCUT2D eigenvalue weighted by molar-refractivity contribution is 6.38. The number of hydrogen-bond acceptors (Lipinski definition) is 7. The van der Waals surface area contributed by atoms with Crippen molar-refractivity contribution in [3.63, 3.8) is 0 Å². The van der Waals surface area contributed by atoms with Crippen molar-refractivity contribution in [2.45, 2.75) is 55.8 Å². The van der Waals surface area contributed by atoms with Crippen LogP contribution in [0.5, 0.6) is 11.5 Å². The van der Waals surface area contributed by atoms with E-state index in [-0.39, 0.29) is 18.8 Å². The summed E-state index contributed by atoms with van der Waals surface area (Å²) in [5.74, 6) is -2.56. The number of anilines is 1. The van der Waals surface area contributed by atoms with E-state index in [9.17, 15) is 18.3 Å². The molecular formula is C26H31B2F3N4O3. The second kappa shape index (κ2) is 10.6. The van der Waals surface area contributed by atoms with E-state index in [0.717, 1.165) is 42.9 Å². The molecular weight excluding hydrogens is 495 g/mol. The van der Waals surface area contributed by atoms with Gasteiger partial charge in [0.2, 0.25) is 0 Å². The molecule has 2 N–H and O–H groups in total. The average Bonchev–Trinajstić information content (AvgIpc) is 3.44. The maximum atomic E-state index is 14.5. The Morgan fingerprint density at radius 2 is 2.00 bits per heavy atom. The van der Waals surface area contributed by atoms with E-state index in [1.54, 1.807) is 23.2 Å². The molecule has 1 saturated heterocycles. The molecule has 38 heavy (non-hydrogen) atoms. The Labute approximate surface area is 223 Å². The van der Waals surface area contributed by atoms with Crippen molar-refractivity contribution < 1.29 is 27.8 Å². The second-order valence-electron chi connectivity index (χ2n) is 10.5. The summed E-state index contributed by atoms with van der Waals surface area (Å²) in [7, 11) is 11.6. The summed E-state index contributed by atoms with van der Waals surface area (Å²) in [6.07, 6.45) is 3.67. The Morgan fingerprint density at radius 3 is 2.68 bits per heavy atom. The van der Waals surface area contributed by atoms with Crippen LogP contribution in [0.1, 0.15) is 42.6 Å².